The molecule has 0 rings (SSSR count). The van der Waals surface area contributed by atoms with Crippen LogP contribution < -0.4 is 0 Å². The van der Waals surface area contributed by atoms with Gasteiger partial charge < -0.3 is 14.2 Å². The van der Waals surface area contributed by atoms with E-state index in [0.717, 1.165) is 44.9 Å². The molecule has 1 unspecified atom stereocenters. The Balaban J connectivity index is 4.48. The second kappa shape index (κ2) is 46.1. The van der Waals surface area contributed by atoms with Crippen LogP contribution in [0, 0.1) is 0 Å². The number of carbonyl (C=O) groups is 3. The molecule has 0 bridgehead atoms. The van der Waals surface area contributed by atoms with Crippen molar-refractivity contribution in [3.8, 4) is 0 Å². The third kappa shape index (κ3) is 44.3. The van der Waals surface area contributed by atoms with Crippen molar-refractivity contribution in [2.45, 2.75) is 245 Å². The predicted octanol–water partition coefficient (Wildman–Crippen LogP) is 15.5. The van der Waals surface area contributed by atoms with E-state index in [1.807, 2.05) is 12.2 Å². The third-order valence-corrected chi connectivity index (χ3v) is 10.3. The summed E-state index contributed by atoms with van der Waals surface area (Å²) in [7, 11) is 0. The summed E-state index contributed by atoms with van der Waals surface area (Å²) in [6, 6.07) is 0. The Hall–Kier alpha value is -2.63. The van der Waals surface area contributed by atoms with Crippen LogP contribution in [0.1, 0.15) is 239 Å². The zero-order valence-corrected chi connectivity index (χ0v) is 37.6. The van der Waals surface area contributed by atoms with Gasteiger partial charge in [0.15, 0.2) is 6.10 Å². The van der Waals surface area contributed by atoms with Crippen LogP contribution >= 0.6 is 0 Å². The minimum absolute atomic E-state index is 0.111. The maximum absolute atomic E-state index is 12.7. The van der Waals surface area contributed by atoms with Gasteiger partial charge in [-0.2, -0.15) is 0 Å². The first-order chi connectivity index (χ1) is 28.0. The topological polar surface area (TPSA) is 78.9 Å². The number of ether oxygens (including phenoxy) is 3. The van der Waals surface area contributed by atoms with E-state index in [2.05, 4.69) is 57.2 Å². The van der Waals surface area contributed by atoms with Gasteiger partial charge in [-0.1, -0.05) is 211 Å². The molecule has 0 aromatic rings. The van der Waals surface area contributed by atoms with Crippen molar-refractivity contribution in [3.05, 3.63) is 48.6 Å². The van der Waals surface area contributed by atoms with E-state index in [9.17, 15) is 14.4 Å². The summed E-state index contributed by atoms with van der Waals surface area (Å²) >= 11 is 0. The molecular formula is C51H90O6. The van der Waals surface area contributed by atoms with Crippen molar-refractivity contribution < 1.29 is 28.6 Å². The molecule has 0 spiro atoms. The van der Waals surface area contributed by atoms with E-state index in [0.29, 0.717) is 19.3 Å². The number of hydrogen-bond donors (Lipinski definition) is 0. The number of hydrogen-bond acceptors (Lipinski definition) is 6. The first kappa shape index (κ1) is 54.4. The lowest BCUT2D eigenvalue weighted by Crippen LogP contribution is -2.30. The van der Waals surface area contributed by atoms with E-state index in [-0.39, 0.29) is 44.0 Å². The highest BCUT2D eigenvalue weighted by molar-refractivity contribution is 5.71. The largest absolute Gasteiger partial charge is 0.462 e. The normalized spacial score (nSPS) is 12.4. The lowest BCUT2D eigenvalue weighted by atomic mass is 10.1. The molecule has 0 heterocycles. The Morgan fingerprint density at radius 2 is 0.667 bits per heavy atom. The molecular weight excluding hydrogens is 709 g/mol. The SMILES string of the molecule is CCCCCCCCCC/C=C\C/C=C\CCC(=O)OCC(COC(=O)CCCCCCCCCCC)OC(=O)CC/C=C\C/C=C\CCCCCCCCCC. The van der Waals surface area contributed by atoms with Crippen molar-refractivity contribution in [3.63, 3.8) is 0 Å². The van der Waals surface area contributed by atoms with E-state index in [4.69, 9.17) is 14.2 Å². The van der Waals surface area contributed by atoms with E-state index < -0.39 is 6.10 Å². The lowest BCUT2D eigenvalue weighted by molar-refractivity contribution is -0.166. The summed E-state index contributed by atoms with van der Waals surface area (Å²) in [5, 5.41) is 0. The summed E-state index contributed by atoms with van der Waals surface area (Å²) in [5.41, 5.74) is 0. The lowest BCUT2D eigenvalue weighted by Gasteiger charge is -2.18. The number of unbranched alkanes of at least 4 members (excludes halogenated alkanes) is 24. The quantitative estimate of drug-likeness (QED) is 0.0265. The molecule has 6 heteroatoms. The summed E-state index contributed by atoms with van der Waals surface area (Å²) in [5.74, 6) is -1.05. The summed E-state index contributed by atoms with van der Waals surface area (Å²) in [4.78, 5) is 37.7. The number of carbonyl (C=O) groups excluding carboxylic acids is 3. The van der Waals surface area contributed by atoms with Gasteiger partial charge in [0.2, 0.25) is 0 Å². The van der Waals surface area contributed by atoms with E-state index in [1.54, 1.807) is 0 Å². The number of esters is 3. The Bertz CT molecular complexity index is 1010. The molecule has 0 saturated heterocycles. The highest BCUT2D eigenvalue weighted by Crippen LogP contribution is 2.13. The third-order valence-electron chi connectivity index (χ3n) is 10.3. The summed E-state index contributed by atoms with van der Waals surface area (Å²) in [6.45, 7) is 6.51. The molecule has 0 aromatic heterocycles. The Morgan fingerprint density at radius 3 is 1.07 bits per heavy atom. The van der Waals surface area contributed by atoms with Gasteiger partial charge in [-0.25, -0.2) is 0 Å². The molecule has 1 atom stereocenters. The maximum atomic E-state index is 12.7. The second-order valence-corrected chi connectivity index (χ2v) is 16.0. The summed E-state index contributed by atoms with van der Waals surface area (Å²) < 4.78 is 16.6. The van der Waals surface area contributed by atoms with Crippen LogP contribution in [0.25, 0.3) is 0 Å². The highest BCUT2D eigenvalue weighted by atomic mass is 16.6. The molecule has 0 saturated carbocycles. The minimum atomic E-state index is -0.821. The number of allylic oxidation sites excluding steroid dienone is 8. The minimum Gasteiger partial charge on any atom is -0.462 e. The van der Waals surface area contributed by atoms with Crippen LogP contribution in [0.2, 0.25) is 0 Å². The average molecular weight is 799 g/mol. The molecule has 0 amide bonds. The zero-order chi connectivity index (χ0) is 41.5. The van der Waals surface area contributed by atoms with Gasteiger partial charge in [-0.3, -0.25) is 14.4 Å². The van der Waals surface area contributed by atoms with Crippen LogP contribution in [-0.4, -0.2) is 37.2 Å². The second-order valence-electron chi connectivity index (χ2n) is 16.0. The van der Waals surface area contributed by atoms with Gasteiger partial charge in [0.05, 0.1) is 0 Å². The predicted molar refractivity (Wildman–Crippen MR) is 242 cm³/mol. The standard InChI is InChI=1S/C51H90O6/c1-4-7-10-13-16-19-21-23-25-27-29-32-35-38-41-44-50(53)56-47-48(46-55-49(52)43-40-37-34-31-18-15-12-9-6-3)57-51(54)45-42-39-36-33-30-28-26-24-22-20-17-14-11-8-5-2/h27-30,35-36,38-39,48H,4-26,31-34,37,40-47H2,1-3H3/b29-27-,30-28-,38-35-,39-36-. The fourth-order valence-electron chi connectivity index (χ4n) is 6.67. The zero-order valence-electron chi connectivity index (χ0n) is 37.6. The molecule has 0 N–H and O–H groups in total. The molecule has 0 aliphatic carbocycles. The van der Waals surface area contributed by atoms with Gasteiger partial charge in [-0.15, -0.1) is 0 Å². The van der Waals surface area contributed by atoms with Crippen molar-refractivity contribution in [2.75, 3.05) is 13.2 Å². The van der Waals surface area contributed by atoms with Crippen molar-refractivity contribution in [1.82, 2.24) is 0 Å². The molecule has 0 aliphatic heterocycles. The van der Waals surface area contributed by atoms with Crippen LogP contribution in [0.5, 0.6) is 0 Å². The van der Waals surface area contributed by atoms with E-state index >= 15 is 0 Å². The van der Waals surface area contributed by atoms with Crippen molar-refractivity contribution in [1.29, 1.82) is 0 Å². The Labute approximate surface area is 352 Å². The van der Waals surface area contributed by atoms with Gasteiger partial charge in [0, 0.05) is 19.3 Å². The summed E-state index contributed by atoms with van der Waals surface area (Å²) in [6.07, 6.45) is 54.1. The van der Waals surface area contributed by atoms with Gasteiger partial charge in [-0.05, 0) is 57.8 Å². The molecule has 6 nitrogen and oxygen atoms in total. The van der Waals surface area contributed by atoms with Crippen LogP contribution in [0.4, 0.5) is 0 Å². The van der Waals surface area contributed by atoms with Crippen molar-refractivity contribution >= 4 is 17.9 Å². The molecule has 330 valence electrons. The van der Waals surface area contributed by atoms with Crippen LogP contribution in [0.3, 0.4) is 0 Å². The monoisotopic (exact) mass is 799 g/mol. The van der Waals surface area contributed by atoms with Crippen LogP contribution in [0.15, 0.2) is 48.6 Å². The van der Waals surface area contributed by atoms with Crippen molar-refractivity contribution in [2.24, 2.45) is 0 Å². The van der Waals surface area contributed by atoms with E-state index in [1.165, 1.54) is 141 Å². The number of rotatable bonds is 43. The Kier molecular flexibility index (Phi) is 43.9. The fraction of sp³-hybridized carbons (Fsp3) is 0.784. The van der Waals surface area contributed by atoms with Gasteiger partial charge >= 0.3 is 17.9 Å². The first-order valence-electron chi connectivity index (χ1n) is 24.1. The maximum Gasteiger partial charge on any atom is 0.306 e. The van der Waals surface area contributed by atoms with Gasteiger partial charge in [0.1, 0.15) is 13.2 Å². The Morgan fingerprint density at radius 1 is 0.351 bits per heavy atom. The van der Waals surface area contributed by atoms with Crippen LogP contribution in [-0.2, 0) is 28.6 Å². The smallest absolute Gasteiger partial charge is 0.306 e. The molecule has 0 radical (unpaired) electrons. The highest BCUT2D eigenvalue weighted by Gasteiger charge is 2.19. The molecule has 57 heavy (non-hydrogen) atoms. The molecule has 0 fully saturated rings. The van der Waals surface area contributed by atoms with Gasteiger partial charge in [0.25, 0.3) is 0 Å². The molecule has 0 aromatic carbocycles. The molecule has 0 aliphatic rings. The first-order valence-corrected chi connectivity index (χ1v) is 24.1. The fourth-order valence-corrected chi connectivity index (χ4v) is 6.67. The average Bonchev–Trinajstić information content (AvgIpc) is 3.21.